The molecule has 0 spiro atoms. The molecule has 1 rings (SSSR count). The minimum Gasteiger partial charge on any atom is -0.490 e. The first-order valence-electron chi connectivity index (χ1n) is 2.87. The Balaban J connectivity index is 2.35. The lowest BCUT2D eigenvalue weighted by Crippen LogP contribution is -2.25. The summed E-state index contributed by atoms with van der Waals surface area (Å²) in [7, 11) is 1.88. The average molecular weight is 109 g/mol. The molecule has 1 N–H and O–H groups in total. The van der Waals surface area contributed by atoms with Crippen molar-refractivity contribution in [2.24, 2.45) is 0 Å². The van der Waals surface area contributed by atoms with Gasteiger partial charge in [-0.15, -0.1) is 0 Å². The van der Waals surface area contributed by atoms with Gasteiger partial charge in [0.25, 0.3) is 0 Å². The summed E-state index contributed by atoms with van der Waals surface area (Å²) in [5.74, 6) is -0.664. The van der Waals surface area contributed by atoms with E-state index in [9.17, 15) is 4.79 Å². The number of hydrogen-bond donors (Lipinski definition) is 1. The molecule has 0 aliphatic carbocycles. The van der Waals surface area contributed by atoms with E-state index in [0.717, 1.165) is 19.1 Å². The van der Waals surface area contributed by atoms with Gasteiger partial charge in [-0.3, -0.25) is 4.79 Å². The van der Waals surface area contributed by atoms with Crippen LogP contribution in [0.2, 0.25) is 12.6 Å². The topological polar surface area (TPSA) is 37.3 Å². The van der Waals surface area contributed by atoms with Crippen LogP contribution in [0.5, 0.6) is 0 Å². The maximum atomic E-state index is 10.2. The second-order valence-corrected chi connectivity index (χ2v) is 2.11. The fourth-order valence-electron chi connectivity index (χ4n) is 0.999. The SMILES string of the molecule is O=C(O)B1[B]CCC1. The van der Waals surface area contributed by atoms with Crippen LogP contribution in [-0.2, 0) is 0 Å². The molecule has 1 radical (unpaired) electrons. The van der Waals surface area contributed by atoms with Crippen LogP contribution in [0.25, 0.3) is 0 Å². The minimum atomic E-state index is -0.664. The van der Waals surface area contributed by atoms with E-state index in [1.165, 1.54) is 0 Å². The summed E-state index contributed by atoms with van der Waals surface area (Å²) in [5.41, 5.74) is 0. The van der Waals surface area contributed by atoms with Crippen molar-refractivity contribution in [1.29, 1.82) is 0 Å². The summed E-state index contributed by atoms with van der Waals surface area (Å²) in [6, 6.07) is 0. The van der Waals surface area contributed by atoms with Crippen LogP contribution >= 0.6 is 0 Å². The molecule has 0 bridgehead atoms. The Morgan fingerprint density at radius 3 is 2.75 bits per heavy atom. The fraction of sp³-hybridized carbons (Fsp3) is 0.750. The second-order valence-electron chi connectivity index (χ2n) is 2.11. The van der Waals surface area contributed by atoms with Crippen molar-refractivity contribution in [1.82, 2.24) is 0 Å². The van der Waals surface area contributed by atoms with Crippen molar-refractivity contribution in [3.63, 3.8) is 0 Å². The Labute approximate surface area is 49.6 Å². The molecular formula is C4H7B2O2. The molecule has 1 aliphatic heterocycles. The van der Waals surface area contributed by atoms with Gasteiger partial charge in [0, 0.05) is 0 Å². The van der Waals surface area contributed by atoms with E-state index in [2.05, 4.69) is 0 Å². The summed E-state index contributed by atoms with van der Waals surface area (Å²) in [6.07, 6.45) is 2.88. The molecule has 1 aliphatic rings. The largest absolute Gasteiger partial charge is 0.490 e. The van der Waals surface area contributed by atoms with Gasteiger partial charge in [0.15, 0.2) is 0 Å². The normalized spacial score (nSPS) is 18.2. The van der Waals surface area contributed by atoms with Crippen LogP contribution in [0, 0.1) is 0 Å². The molecule has 0 saturated carbocycles. The summed E-state index contributed by atoms with van der Waals surface area (Å²) < 4.78 is 0. The fourth-order valence-corrected chi connectivity index (χ4v) is 0.999. The molecule has 8 heavy (non-hydrogen) atoms. The van der Waals surface area contributed by atoms with Crippen molar-refractivity contribution in [2.75, 3.05) is 0 Å². The third-order valence-electron chi connectivity index (χ3n) is 1.49. The molecular weight excluding hydrogens is 102 g/mol. The maximum absolute atomic E-state index is 10.2. The summed E-state index contributed by atoms with van der Waals surface area (Å²) in [4.78, 5) is 10.2. The van der Waals surface area contributed by atoms with Gasteiger partial charge in [0.2, 0.25) is 12.5 Å². The van der Waals surface area contributed by atoms with E-state index in [1.807, 2.05) is 7.17 Å². The smallest absolute Gasteiger partial charge is 0.240 e. The van der Waals surface area contributed by atoms with Crippen molar-refractivity contribution in [3.05, 3.63) is 0 Å². The van der Waals surface area contributed by atoms with Gasteiger partial charge in [-0.05, 0) is 0 Å². The van der Waals surface area contributed by atoms with E-state index in [-0.39, 0.29) is 6.60 Å². The molecule has 4 heteroatoms. The van der Waals surface area contributed by atoms with E-state index >= 15 is 0 Å². The molecule has 41 valence electrons. The van der Waals surface area contributed by atoms with E-state index in [4.69, 9.17) is 5.11 Å². The van der Waals surface area contributed by atoms with Crippen molar-refractivity contribution in [2.45, 2.75) is 19.1 Å². The Hall–Kier alpha value is -0.400. The van der Waals surface area contributed by atoms with Crippen LogP contribution in [0.1, 0.15) is 6.42 Å². The van der Waals surface area contributed by atoms with Gasteiger partial charge in [-0.2, -0.15) is 0 Å². The molecule has 1 heterocycles. The van der Waals surface area contributed by atoms with E-state index in [0.29, 0.717) is 0 Å². The standard InChI is InChI=1S/C4H7B2O2/c7-4(8)6-3-1-2-5-6/h1-3H2,(H,7,8). The lowest BCUT2D eigenvalue weighted by molar-refractivity contribution is 0.219. The maximum Gasteiger partial charge on any atom is 0.240 e. The Bertz CT molecular complexity index is 98.2. The van der Waals surface area contributed by atoms with Crippen LogP contribution < -0.4 is 0 Å². The predicted molar refractivity (Wildman–Crippen MR) is 33.8 cm³/mol. The monoisotopic (exact) mass is 109 g/mol. The minimum absolute atomic E-state index is 0.144. The highest BCUT2D eigenvalue weighted by Gasteiger charge is 2.26. The predicted octanol–water partition coefficient (Wildman–Crippen LogP) is 0.764. The van der Waals surface area contributed by atoms with Crippen LogP contribution in [0.4, 0.5) is 4.79 Å². The zero-order valence-corrected chi connectivity index (χ0v) is 4.63. The summed E-state index contributed by atoms with van der Waals surface area (Å²) >= 11 is 0. The summed E-state index contributed by atoms with van der Waals surface area (Å²) in [6.45, 7) is -0.144. The first-order chi connectivity index (χ1) is 3.80. The van der Waals surface area contributed by atoms with E-state index < -0.39 is 5.87 Å². The van der Waals surface area contributed by atoms with Crippen molar-refractivity contribution >= 4 is 19.6 Å². The Morgan fingerprint density at radius 1 is 1.75 bits per heavy atom. The molecule has 0 aromatic heterocycles. The molecule has 1 saturated heterocycles. The van der Waals surface area contributed by atoms with Crippen LogP contribution in [0.3, 0.4) is 0 Å². The van der Waals surface area contributed by atoms with E-state index in [1.54, 1.807) is 0 Å². The van der Waals surface area contributed by atoms with Gasteiger partial charge in [-0.25, -0.2) is 0 Å². The third-order valence-corrected chi connectivity index (χ3v) is 1.49. The molecule has 0 atom stereocenters. The summed E-state index contributed by atoms with van der Waals surface area (Å²) in [5, 5.41) is 8.38. The molecule has 1 fully saturated rings. The van der Waals surface area contributed by atoms with Gasteiger partial charge < -0.3 is 5.11 Å². The van der Waals surface area contributed by atoms with Gasteiger partial charge >= 0.3 is 0 Å². The van der Waals surface area contributed by atoms with Crippen molar-refractivity contribution < 1.29 is 9.90 Å². The molecule has 0 aromatic carbocycles. The van der Waals surface area contributed by atoms with Gasteiger partial charge in [-0.1, -0.05) is 19.1 Å². The highest BCUT2D eigenvalue weighted by Crippen LogP contribution is 2.11. The first-order valence-corrected chi connectivity index (χ1v) is 2.87. The van der Waals surface area contributed by atoms with Gasteiger partial charge in [0.05, 0.1) is 7.17 Å². The third kappa shape index (κ3) is 1.05. The first kappa shape index (κ1) is 5.73. The number of carbonyl (C=O) groups is 1. The average Bonchev–Trinajstić information content (AvgIpc) is 2.12. The van der Waals surface area contributed by atoms with Gasteiger partial charge in [0.1, 0.15) is 0 Å². The molecule has 0 amide bonds. The molecule has 2 nitrogen and oxygen atoms in total. The lowest BCUT2D eigenvalue weighted by atomic mass is 9.24. The highest BCUT2D eigenvalue weighted by atomic mass is 16.4. The quantitative estimate of drug-likeness (QED) is 0.504. The van der Waals surface area contributed by atoms with Crippen LogP contribution in [-0.4, -0.2) is 24.7 Å². The zero-order valence-electron chi connectivity index (χ0n) is 4.63. The number of rotatable bonds is 1. The Kier molecular flexibility index (Phi) is 1.61. The van der Waals surface area contributed by atoms with Crippen molar-refractivity contribution in [3.8, 4) is 0 Å². The molecule has 0 unspecified atom stereocenters. The number of hydrogen-bond acceptors (Lipinski definition) is 1. The Morgan fingerprint density at radius 2 is 2.50 bits per heavy atom. The zero-order chi connectivity index (χ0) is 5.98. The highest BCUT2D eigenvalue weighted by molar-refractivity contribution is 7.27. The van der Waals surface area contributed by atoms with Crippen LogP contribution in [0.15, 0.2) is 0 Å². The number of carboxylic acid groups (broad SMARTS) is 1. The lowest BCUT2D eigenvalue weighted by Gasteiger charge is -1.91. The molecule has 0 aromatic rings. The second kappa shape index (κ2) is 2.25.